The molecule has 0 aliphatic carbocycles. The van der Waals surface area contributed by atoms with Gasteiger partial charge in [0.1, 0.15) is 6.61 Å². The van der Waals surface area contributed by atoms with Crippen LogP contribution in [-0.2, 0) is 19.1 Å². The van der Waals surface area contributed by atoms with Crippen molar-refractivity contribution < 1.29 is 19.1 Å². The molecular weight excluding hydrogens is 338 g/mol. The molecule has 0 bridgehead atoms. The fourth-order valence-electron chi connectivity index (χ4n) is 2.10. The number of ether oxygens (including phenoxy) is 2. The second-order valence-corrected chi connectivity index (χ2v) is 7.69. The van der Waals surface area contributed by atoms with Gasteiger partial charge in [0.2, 0.25) is 5.91 Å². The average Bonchev–Trinajstić information content (AvgIpc) is 2.54. The number of rotatable bonds is 17. The Labute approximate surface area is 159 Å². The van der Waals surface area contributed by atoms with Gasteiger partial charge in [-0.1, -0.05) is 20.8 Å². The Bertz CT molecular complexity index is 348. The van der Waals surface area contributed by atoms with E-state index in [1.165, 1.54) is 0 Å². The molecule has 148 valence electrons. The number of ketones is 1. The molecule has 0 fully saturated rings. The van der Waals surface area contributed by atoms with Crippen LogP contribution in [0.1, 0.15) is 65.7 Å². The van der Waals surface area contributed by atoms with E-state index in [4.69, 9.17) is 9.47 Å². The van der Waals surface area contributed by atoms with Gasteiger partial charge in [0.05, 0.1) is 0 Å². The van der Waals surface area contributed by atoms with Gasteiger partial charge < -0.3 is 14.8 Å². The van der Waals surface area contributed by atoms with Crippen LogP contribution in [0, 0.1) is 5.92 Å². The molecule has 0 saturated heterocycles. The normalized spacial score (nSPS) is 12.4. The van der Waals surface area contributed by atoms with Crippen LogP contribution in [0.5, 0.6) is 0 Å². The summed E-state index contributed by atoms with van der Waals surface area (Å²) in [6.45, 7) is 8.88. The third kappa shape index (κ3) is 18.0. The smallest absolute Gasteiger partial charge is 0.221 e. The molecular formula is C19H37NO4S. The summed E-state index contributed by atoms with van der Waals surface area (Å²) < 4.78 is 11.0. The quantitative estimate of drug-likeness (QED) is 0.302. The number of unbranched alkanes of at least 4 members (excludes halogenated alkanes) is 4. The van der Waals surface area contributed by atoms with Crippen molar-refractivity contribution in [1.82, 2.24) is 5.32 Å². The van der Waals surface area contributed by atoms with Gasteiger partial charge in [0.15, 0.2) is 5.78 Å². The van der Waals surface area contributed by atoms with Crippen molar-refractivity contribution in [3.05, 3.63) is 0 Å². The maximum absolute atomic E-state index is 11.4. The number of carbonyl (C=O) groups is 2. The van der Waals surface area contributed by atoms with Crippen LogP contribution < -0.4 is 5.32 Å². The van der Waals surface area contributed by atoms with E-state index in [-0.39, 0.29) is 29.5 Å². The lowest BCUT2D eigenvalue weighted by atomic mass is 10.1. The predicted octanol–water partition coefficient (Wildman–Crippen LogP) is 3.41. The molecule has 1 amide bonds. The molecule has 5 nitrogen and oxygen atoms in total. The van der Waals surface area contributed by atoms with E-state index in [0.29, 0.717) is 13.0 Å². The van der Waals surface area contributed by atoms with E-state index in [1.807, 2.05) is 20.8 Å². The molecule has 25 heavy (non-hydrogen) atoms. The molecule has 0 rings (SSSR count). The van der Waals surface area contributed by atoms with Gasteiger partial charge in [-0.15, -0.1) is 0 Å². The highest BCUT2D eigenvalue weighted by atomic mass is 32.1. The van der Waals surface area contributed by atoms with Crippen molar-refractivity contribution >= 4 is 24.3 Å². The van der Waals surface area contributed by atoms with E-state index in [0.717, 1.165) is 58.3 Å². The molecule has 0 aromatic heterocycles. The van der Waals surface area contributed by atoms with Gasteiger partial charge in [0, 0.05) is 44.0 Å². The summed E-state index contributed by atoms with van der Waals surface area (Å²) in [4.78, 5) is 22.8. The zero-order chi connectivity index (χ0) is 18.9. The van der Waals surface area contributed by atoms with Gasteiger partial charge in [-0.3, -0.25) is 9.59 Å². The molecule has 0 aromatic rings. The maximum Gasteiger partial charge on any atom is 0.221 e. The van der Waals surface area contributed by atoms with Crippen molar-refractivity contribution in [2.24, 2.45) is 5.92 Å². The summed E-state index contributed by atoms with van der Waals surface area (Å²) >= 11 is 4.20. The second kappa shape index (κ2) is 16.9. The van der Waals surface area contributed by atoms with Crippen molar-refractivity contribution in [1.29, 1.82) is 0 Å². The Morgan fingerprint density at radius 3 is 2.00 bits per heavy atom. The van der Waals surface area contributed by atoms with Crippen LogP contribution in [0.4, 0.5) is 0 Å². The lowest BCUT2D eigenvalue weighted by Crippen LogP contribution is -2.26. The van der Waals surface area contributed by atoms with Gasteiger partial charge >= 0.3 is 0 Å². The highest BCUT2D eigenvalue weighted by Gasteiger charge is 2.06. The third-order valence-electron chi connectivity index (χ3n) is 3.73. The van der Waals surface area contributed by atoms with Crippen LogP contribution in [0.25, 0.3) is 0 Å². The summed E-state index contributed by atoms with van der Waals surface area (Å²) in [5.74, 6) is 0.303. The summed E-state index contributed by atoms with van der Waals surface area (Å²) in [6.07, 6.45) is 6.62. The average molecular weight is 376 g/mol. The Balaban J connectivity index is 3.17. The van der Waals surface area contributed by atoms with Crippen LogP contribution in [-0.4, -0.2) is 49.9 Å². The van der Waals surface area contributed by atoms with Gasteiger partial charge in [-0.25, -0.2) is 0 Å². The maximum atomic E-state index is 11.4. The highest BCUT2D eigenvalue weighted by molar-refractivity contribution is 7.80. The van der Waals surface area contributed by atoms with Gasteiger partial charge in [-0.2, -0.15) is 12.6 Å². The van der Waals surface area contributed by atoms with Crippen LogP contribution in [0.15, 0.2) is 0 Å². The molecule has 1 unspecified atom stereocenters. The SMILES string of the molecule is CC(S)CC(=O)NCCCCCOCCCCCOCC(=O)C(C)C. The minimum absolute atomic E-state index is 0.0569. The monoisotopic (exact) mass is 375 g/mol. The zero-order valence-corrected chi connectivity index (χ0v) is 17.1. The molecule has 0 spiro atoms. The Morgan fingerprint density at radius 2 is 1.44 bits per heavy atom. The van der Waals surface area contributed by atoms with E-state index in [9.17, 15) is 9.59 Å². The summed E-state index contributed by atoms with van der Waals surface area (Å²) in [6, 6.07) is 0. The Kier molecular flexibility index (Phi) is 16.5. The molecule has 0 heterocycles. The van der Waals surface area contributed by atoms with Gasteiger partial charge in [-0.05, 0) is 38.5 Å². The molecule has 0 aromatic carbocycles. The van der Waals surface area contributed by atoms with Crippen molar-refractivity contribution in [3.8, 4) is 0 Å². The minimum Gasteiger partial charge on any atom is -0.381 e. The molecule has 0 radical (unpaired) electrons. The van der Waals surface area contributed by atoms with Crippen LogP contribution >= 0.6 is 12.6 Å². The largest absolute Gasteiger partial charge is 0.381 e. The number of nitrogens with one attached hydrogen (secondary N) is 1. The van der Waals surface area contributed by atoms with E-state index >= 15 is 0 Å². The zero-order valence-electron chi connectivity index (χ0n) is 16.2. The van der Waals surface area contributed by atoms with Gasteiger partial charge in [0.25, 0.3) is 0 Å². The number of carbonyl (C=O) groups excluding carboxylic acids is 2. The Morgan fingerprint density at radius 1 is 0.880 bits per heavy atom. The lowest BCUT2D eigenvalue weighted by molar-refractivity contribution is -0.126. The first-order chi connectivity index (χ1) is 11.9. The topological polar surface area (TPSA) is 64.6 Å². The number of hydrogen-bond acceptors (Lipinski definition) is 5. The van der Waals surface area contributed by atoms with Crippen molar-refractivity contribution in [2.45, 2.75) is 71.0 Å². The van der Waals surface area contributed by atoms with Crippen molar-refractivity contribution in [2.75, 3.05) is 33.0 Å². The van der Waals surface area contributed by atoms with Crippen LogP contribution in [0.2, 0.25) is 0 Å². The summed E-state index contributed by atoms with van der Waals surface area (Å²) in [5.41, 5.74) is 0. The third-order valence-corrected chi connectivity index (χ3v) is 3.92. The minimum atomic E-state index is 0.0569. The molecule has 0 aliphatic rings. The molecule has 0 aliphatic heterocycles. The number of hydrogen-bond donors (Lipinski definition) is 2. The predicted molar refractivity (Wildman–Crippen MR) is 105 cm³/mol. The number of Topliss-reactive ketones (excluding diaryl/α,β-unsaturated/α-hetero) is 1. The van der Waals surface area contributed by atoms with E-state index < -0.39 is 0 Å². The first-order valence-electron chi connectivity index (χ1n) is 9.56. The molecule has 6 heteroatoms. The fraction of sp³-hybridized carbons (Fsp3) is 0.895. The van der Waals surface area contributed by atoms with E-state index in [2.05, 4.69) is 17.9 Å². The Hall–Kier alpha value is -0.590. The molecule has 1 atom stereocenters. The van der Waals surface area contributed by atoms with Crippen molar-refractivity contribution in [3.63, 3.8) is 0 Å². The highest BCUT2D eigenvalue weighted by Crippen LogP contribution is 2.01. The lowest BCUT2D eigenvalue weighted by Gasteiger charge is -2.07. The first-order valence-corrected chi connectivity index (χ1v) is 10.1. The second-order valence-electron chi connectivity index (χ2n) is 6.81. The molecule has 0 saturated carbocycles. The summed E-state index contributed by atoms with van der Waals surface area (Å²) in [5, 5.41) is 3.01. The number of thiol groups is 1. The standard InChI is InChI=1S/C19H37NO4S/c1-16(2)18(21)15-24-13-9-5-8-12-23-11-7-4-6-10-20-19(22)14-17(3)25/h16-17,25H,4-15H2,1-3H3,(H,20,22). The molecule has 1 N–H and O–H groups in total. The number of amides is 1. The first kappa shape index (κ1) is 24.4. The summed E-state index contributed by atoms with van der Waals surface area (Å²) in [7, 11) is 0. The van der Waals surface area contributed by atoms with Crippen LogP contribution in [0.3, 0.4) is 0 Å². The fourth-order valence-corrected chi connectivity index (χ4v) is 2.27. The van der Waals surface area contributed by atoms with E-state index in [1.54, 1.807) is 0 Å².